The van der Waals surface area contributed by atoms with Crippen LogP contribution in [-0.4, -0.2) is 7.11 Å². The third-order valence-electron chi connectivity index (χ3n) is 1.37. The third kappa shape index (κ3) is 3.26. The van der Waals surface area contributed by atoms with Gasteiger partial charge < -0.3 is 4.74 Å². The summed E-state index contributed by atoms with van der Waals surface area (Å²) in [6.07, 6.45) is 0. The summed E-state index contributed by atoms with van der Waals surface area (Å²) >= 11 is 3.36. The minimum absolute atomic E-state index is 0.925. The average molecular weight is 231 g/mol. The van der Waals surface area contributed by atoms with E-state index in [2.05, 4.69) is 15.9 Å². The summed E-state index contributed by atoms with van der Waals surface area (Å²) < 4.78 is 6.15. The summed E-state index contributed by atoms with van der Waals surface area (Å²) in [6.45, 7) is 6.02. The van der Waals surface area contributed by atoms with Crippen LogP contribution in [0.3, 0.4) is 0 Å². The van der Waals surface area contributed by atoms with Crippen molar-refractivity contribution in [3.8, 4) is 5.75 Å². The lowest BCUT2D eigenvalue weighted by molar-refractivity contribution is 0.411. The average Bonchev–Trinajstić information content (AvgIpc) is 2.13. The summed E-state index contributed by atoms with van der Waals surface area (Å²) in [5, 5.41) is 0. The van der Waals surface area contributed by atoms with E-state index in [-0.39, 0.29) is 0 Å². The number of hydrogen-bond donors (Lipinski definition) is 0. The highest BCUT2D eigenvalue weighted by molar-refractivity contribution is 9.10. The van der Waals surface area contributed by atoms with E-state index in [0.717, 1.165) is 15.8 Å². The van der Waals surface area contributed by atoms with Gasteiger partial charge >= 0.3 is 0 Å². The van der Waals surface area contributed by atoms with Gasteiger partial charge in [0.05, 0.1) is 7.11 Å². The Kier molecular flexibility index (Phi) is 5.81. The maximum Gasteiger partial charge on any atom is 0.122 e. The van der Waals surface area contributed by atoms with Gasteiger partial charge in [-0.3, -0.25) is 0 Å². The molecular weight excluding hydrogens is 216 g/mol. The summed E-state index contributed by atoms with van der Waals surface area (Å²) in [4.78, 5) is 0. The minimum atomic E-state index is 0.925. The Balaban J connectivity index is 0.000000561. The fourth-order valence-electron chi connectivity index (χ4n) is 0.794. The second-order valence-electron chi connectivity index (χ2n) is 2.11. The SMILES string of the molecule is CC.COc1cc(Br)ccc1C. The van der Waals surface area contributed by atoms with Crippen molar-refractivity contribution in [2.24, 2.45) is 0 Å². The molecule has 0 bridgehead atoms. The van der Waals surface area contributed by atoms with Gasteiger partial charge in [0, 0.05) is 4.47 Å². The first-order valence-electron chi connectivity index (χ1n) is 4.04. The van der Waals surface area contributed by atoms with Gasteiger partial charge in [-0.2, -0.15) is 0 Å². The van der Waals surface area contributed by atoms with Crippen molar-refractivity contribution in [2.45, 2.75) is 20.8 Å². The van der Waals surface area contributed by atoms with Crippen LogP contribution in [0.25, 0.3) is 0 Å². The van der Waals surface area contributed by atoms with Gasteiger partial charge in [-0.15, -0.1) is 0 Å². The number of hydrogen-bond acceptors (Lipinski definition) is 1. The number of ether oxygens (including phenoxy) is 1. The smallest absolute Gasteiger partial charge is 0.122 e. The number of methoxy groups -OCH3 is 1. The molecule has 0 aliphatic carbocycles. The molecule has 1 nitrogen and oxygen atoms in total. The van der Waals surface area contributed by atoms with Crippen LogP contribution in [0.2, 0.25) is 0 Å². The Hall–Kier alpha value is -0.500. The topological polar surface area (TPSA) is 9.23 Å². The summed E-state index contributed by atoms with van der Waals surface area (Å²) in [6, 6.07) is 5.97. The van der Waals surface area contributed by atoms with Crippen molar-refractivity contribution >= 4 is 15.9 Å². The molecule has 68 valence electrons. The summed E-state index contributed by atoms with van der Waals surface area (Å²) in [5.74, 6) is 0.925. The molecule has 0 amide bonds. The highest BCUT2D eigenvalue weighted by Crippen LogP contribution is 2.21. The molecule has 0 spiro atoms. The predicted octanol–water partition coefficient (Wildman–Crippen LogP) is 3.79. The number of aryl methyl sites for hydroxylation is 1. The standard InChI is InChI=1S/C8H9BrO.C2H6/c1-6-3-4-7(9)5-8(6)10-2;1-2/h3-5H,1-2H3;1-2H3. The van der Waals surface area contributed by atoms with Crippen LogP contribution < -0.4 is 4.74 Å². The highest BCUT2D eigenvalue weighted by Gasteiger charge is 1.95. The molecule has 12 heavy (non-hydrogen) atoms. The Labute approximate surface area is 82.9 Å². The van der Waals surface area contributed by atoms with E-state index in [4.69, 9.17) is 4.74 Å². The van der Waals surface area contributed by atoms with Crippen LogP contribution in [0, 0.1) is 6.92 Å². The van der Waals surface area contributed by atoms with E-state index in [1.165, 1.54) is 0 Å². The van der Waals surface area contributed by atoms with E-state index >= 15 is 0 Å². The monoisotopic (exact) mass is 230 g/mol. The second-order valence-corrected chi connectivity index (χ2v) is 3.03. The largest absolute Gasteiger partial charge is 0.496 e. The van der Waals surface area contributed by atoms with Crippen molar-refractivity contribution in [2.75, 3.05) is 7.11 Å². The van der Waals surface area contributed by atoms with Crippen LogP contribution >= 0.6 is 15.9 Å². The first-order chi connectivity index (χ1) is 5.74. The first kappa shape index (κ1) is 11.5. The first-order valence-corrected chi connectivity index (χ1v) is 4.83. The molecule has 0 aliphatic heterocycles. The van der Waals surface area contributed by atoms with Gasteiger partial charge in [0.25, 0.3) is 0 Å². The van der Waals surface area contributed by atoms with E-state index in [0.29, 0.717) is 0 Å². The molecule has 0 saturated carbocycles. The molecule has 0 aromatic heterocycles. The second kappa shape index (κ2) is 6.06. The molecular formula is C10H15BrO. The maximum absolute atomic E-state index is 5.10. The Morgan fingerprint density at radius 1 is 1.25 bits per heavy atom. The van der Waals surface area contributed by atoms with Gasteiger partial charge in [-0.1, -0.05) is 35.8 Å². The molecule has 0 saturated heterocycles. The van der Waals surface area contributed by atoms with Crippen LogP contribution in [0.15, 0.2) is 22.7 Å². The Morgan fingerprint density at radius 3 is 2.25 bits per heavy atom. The fourth-order valence-corrected chi connectivity index (χ4v) is 1.13. The zero-order valence-electron chi connectivity index (χ0n) is 8.02. The normalized spacial score (nSPS) is 8.42. The predicted molar refractivity (Wildman–Crippen MR) is 56.8 cm³/mol. The third-order valence-corrected chi connectivity index (χ3v) is 1.86. The number of rotatable bonds is 1. The zero-order valence-corrected chi connectivity index (χ0v) is 9.60. The van der Waals surface area contributed by atoms with Gasteiger partial charge in [0.1, 0.15) is 5.75 Å². The molecule has 2 heteroatoms. The molecule has 0 fully saturated rings. The van der Waals surface area contributed by atoms with Crippen molar-refractivity contribution < 1.29 is 4.74 Å². The zero-order chi connectivity index (χ0) is 9.56. The highest BCUT2D eigenvalue weighted by atomic mass is 79.9. The molecule has 0 heterocycles. The van der Waals surface area contributed by atoms with Crippen LogP contribution in [0.4, 0.5) is 0 Å². The maximum atomic E-state index is 5.10. The quantitative estimate of drug-likeness (QED) is 0.714. The molecule has 1 aromatic rings. The van der Waals surface area contributed by atoms with Crippen LogP contribution in [-0.2, 0) is 0 Å². The Bertz CT molecular complexity index is 233. The van der Waals surface area contributed by atoms with Gasteiger partial charge in [0.15, 0.2) is 0 Å². The fraction of sp³-hybridized carbons (Fsp3) is 0.400. The van der Waals surface area contributed by atoms with Gasteiger partial charge in [-0.05, 0) is 24.6 Å². The van der Waals surface area contributed by atoms with Crippen molar-refractivity contribution in [1.29, 1.82) is 0 Å². The van der Waals surface area contributed by atoms with Crippen LogP contribution in [0.5, 0.6) is 5.75 Å². The molecule has 0 radical (unpaired) electrons. The lowest BCUT2D eigenvalue weighted by Gasteiger charge is -2.02. The van der Waals surface area contributed by atoms with Gasteiger partial charge in [-0.25, -0.2) is 0 Å². The molecule has 0 aliphatic rings. The molecule has 0 N–H and O–H groups in total. The molecule has 0 unspecified atom stereocenters. The van der Waals surface area contributed by atoms with Crippen LogP contribution in [0.1, 0.15) is 19.4 Å². The lowest BCUT2D eigenvalue weighted by atomic mass is 10.2. The molecule has 1 rings (SSSR count). The molecule has 0 atom stereocenters. The van der Waals surface area contributed by atoms with Crippen molar-refractivity contribution in [3.05, 3.63) is 28.2 Å². The minimum Gasteiger partial charge on any atom is -0.496 e. The summed E-state index contributed by atoms with van der Waals surface area (Å²) in [5.41, 5.74) is 1.16. The molecule has 1 aromatic carbocycles. The van der Waals surface area contributed by atoms with E-state index < -0.39 is 0 Å². The Morgan fingerprint density at radius 2 is 1.83 bits per heavy atom. The van der Waals surface area contributed by atoms with Crippen molar-refractivity contribution in [1.82, 2.24) is 0 Å². The van der Waals surface area contributed by atoms with Gasteiger partial charge in [0.2, 0.25) is 0 Å². The summed E-state index contributed by atoms with van der Waals surface area (Å²) in [7, 11) is 1.68. The van der Waals surface area contributed by atoms with Crippen molar-refractivity contribution in [3.63, 3.8) is 0 Å². The van der Waals surface area contributed by atoms with E-state index in [1.54, 1.807) is 7.11 Å². The lowest BCUT2D eigenvalue weighted by Crippen LogP contribution is -1.85. The number of halogens is 1. The number of benzene rings is 1. The van der Waals surface area contributed by atoms with E-state index in [1.807, 2.05) is 39.0 Å². The van der Waals surface area contributed by atoms with E-state index in [9.17, 15) is 0 Å².